The average molecular weight is 416 g/mol. The van der Waals surface area contributed by atoms with Gasteiger partial charge in [-0.2, -0.15) is 0 Å². The normalized spacial score (nSPS) is 15.6. The van der Waals surface area contributed by atoms with Crippen molar-refractivity contribution in [3.05, 3.63) is 38.5 Å². The summed E-state index contributed by atoms with van der Waals surface area (Å²) in [7, 11) is 0. The number of halogens is 2. The van der Waals surface area contributed by atoms with Gasteiger partial charge in [-0.25, -0.2) is 9.97 Å². The Kier molecular flexibility index (Phi) is 5.63. The quantitative estimate of drug-likeness (QED) is 0.761. The number of hydrogen-bond donors (Lipinski definition) is 1. The molecule has 1 saturated heterocycles. The highest BCUT2D eigenvalue weighted by Crippen LogP contribution is 2.22. The van der Waals surface area contributed by atoms with Gasteiger partial charge in [-0.1, -0.05) is 18.0 Å². The molecule has 1 aliphatic rings. The number of likely N-dealkylation sites (tertiary alicyclic amines) is 1. The number of thiazole rings is 1. The number of amides is 1. The van der Waals surface area contributed by atoms with Crippen LogP contribution in [-0.4, -0.2) is 33.9 Å². The molecule has 23 heavy (non-hydrogen) atoms. The molecule has 5 nitrogen and oxygen atoms in total. The summed E-state index contributed by atoms with van der Waals surface area (Å²) in [6.45, 7) is 3.09. The minimum Gasteiger partial charge on any atom is -0.298 e. The first-order valence-corrected chi connectivity index (χ1v) is 9.46. The van der Waals surface area contributed by atoms with Gasteiger partial charge >= 0.3 is 0 Å². The number of carbonyl (C=O) groups is 1. The molecular weight excluding hydrogens is 400 g/mol. The van der Waals surface area contributed by atoms with Crippen LogP contribution in [-0.2, 0) is 6.54 Å². The minimum absolute atomic E-state index is 0.177. The van der Waals surface area contributed by atoms with Crippen LogP contribution in [0.25, 0.3) is 0 Å². The summed E-state index contributed by atoms with van der Waals surface area (Å²) in [5, 5.41) is 5.54. The smallest absolute Gasteiger partial charge is 0.260 e. The van der Waals surface area contributed by atoms with E-state index in [1.54, 1.807) is 12.3 Å². The van der Waals surface area contributed by atoms with Crippen LogP contribution < -0.4 is 5.32 Å². The Morgan fingerprint density at radius 1 is 1.39 bits per heavy atom. The molecule has 122 valence electrons. The van der Waals surface area contributed by atoms with Crippen LogP contribution >= 0.6 is 38.9 Å². The van der Waals surface area contributed by atoms with Gasteiger partial charge in [0.1, 0.15) is 5.15 Å². The van der Waals surface area contributed by atoms with Gasteiger partial charge in [-0.05, 0) is 47.9 Å². The second-order valence-corrected chi connectivity index (χ2v) is 7.56. The molecular formula is C15H16BrClN4OS. The molecule has 0 bridgehead atoms. The molecule has 0 aromatic carbocycles. The van der Waals surface area contributed by atoms with Gasteiger partial charge < -0.3 is 0 Å². The highest BCUT2D eigenvalue weighted by atomic mass is 79.9. The monoisotopic (exact) mass is 414 g/mol. The molecule has 1 fully saturated rings. The number of hydrogen-bond acceptors (Lipinski definition) is 5. The largest absolute Gasteiger partial charge is 0.298 e. The Labute approximate surface area is 152 Å². The van der Waals surface area contributed by atoms with Gasteiger partial charge in [0.25, 0.3) is 5.91 Å². The number of nitrogens with zero attached hydrogens (tertiary/aromatic N) is 3. The predicted molar refractivity (Wildman–Crippen MR) is 96.1 cm³/mol. The van der Waals surface area contributed by atoms with Crippen molar-refractivity contribution in [1.29, 1.82) is 0 Å². The van der Waals surface area contributed by atoms with Crippen LogP contribution in [0.5, 0.6) is 0 Å². The van der Waals surface area contributed by atoms with E-state index >= 15 is 0 Å². The molecule has 0 spiro atoms. The molecule has 8 heteroatoms. The van der Waals surface area contributed by atoms with Crippen molar-refractivity contribution in [2.75, 3.05) is 18.4 Å². The third kappa shape index (κ3) is 4.50. The molecule has 1 amide bonds. The van der Waals surface area contributed by atoms with Crippen LogP contribution in [0.1, 0.15) is 35.3 Å². The fourth-order valence-corrected chi connectivity index (χ4v) is 3.75. The van der Waals surface area contributed by atoms with Crippen molar-refractivity contribution in [3.63, 3.8) is 0 Å². The molecule has 1 N–H and O–H groups in total. The molecule has 2 aromatic heterocycles. The van der Waals surface area contributed by atoms with Crippen molar-refractivity contribution < 1.29 is 4.79 Å². The Hall–Kier alpha value is -1.02. The maximum atomic E-state index is 12.3. The van der Waals surface area contributed by atoms with Crippen molar-refractivity contribution in [2.24, 2.45) is 0 Å². The van der Waals surface area contributed by atoms with E-state index in [-0.39, 0.29) is 11.1 Å². The summed E-state index contributed by atoms with van der Waals surface area (Å²) < 4.78 is 0.706. The highest BCUT2D eigenvalue weighted by Gasteiger charge is 2.16. The lowest BCUT2D eigenvalue weighted by molar-refractivity contribution is 0.102. The first kappa shape index (κ1) is 16.8. The summed E-state index contributed by atoms with van der Waals surface area (Å²) in [4.78, 5) is 23.1. The first-order chi connectivity index (χ1) is 11.1. The van der Waals surface area contributed by atoms with Crippen LogP contribution in [0, 0.1) is 0 Å². The van der Waals surface area contributed by atoms with E-state index in [1.807, 2.05) is 5.38 Å². The van der Waals surface area contributed by atoms with Crippen molar-refractivity contribution in [2.45, 2.75) is 25.8 Å². The van der Waals surface area contributed by atoms with Gasteiger partial charge in [0.05, 0.1) is 11.3 Å². The molecule has 3 heterocycles. The van der Waals surface area contributed by atoms with Gasteiger partial charge in [-0.15, -0.1) is 11.3 Å². The van der Waals surface area contributed by atoms with Crippen molar-refractivity contribution in [1.82, 2.24) is 14.9 Å². The van der Waals surface area contributed by atoms with Gasteiger partial charge in [-0.3, -0.25) is 15.0 Å². The Bertz CT molecular complexity index is 703. The lowest BCUT2D eigenvalue weighted by Crippen LogP contribution is -2.29. The number of carbonyl (C=O) groups excluding carboxylic acids is 1. The predicted octanol–water partition coefficient (Wildman–Crippen LogP) is 4.19. The molecule has 0 radical (unpaired) electrons. The van der Waals surface area contributed by atoms with E-state index in [9.17, 15) is 4.79 Å². The number of aromatic nitrogens is 2. The van der Waals surface area contributed by atoms with Crippen LogP contribution in [0.2, 0.25) is 5.15 Å². The van der Waals surface area contributed by atoms with Gasteiger partial charge in [0.2, 0.25) is 0 Å². The van der Waals surface area contributed by atoms with Crippen molar-refractivity contribution in [3.8, 4) is 0 Å². The number of anilines is 1. The Balaban J connectivity index is 1.64. The SMILES string of the molecule is O=C(Nc1nc(CN2CCCCC2)cs1)c1cc(Br)cnc1Cl. The Morgan fingerprint density at radius 3 is 2.96 bits per heavy atom. The zero-order chi connectivity index (χ0) is 16.2. The van der Waals surface area contributed by atoms with Crippen molar-refractivity contribution >= 4 is 49.9 Å². The van der Waals surface area contributed by atoms with Crippen LogP contribution in [0.4, 0.5) is 5.13 Å². The van der Waals surface area contributed by atoms with E-state index in [4.69, 9.17) is 11.6 Å². The molecule has 0 atom stereocenters. The van der Waals surface area contributed by atoms with Crippen LogP contribution in [0.3, 0.4) is 0 Å². The maximum Gasteiger partial charge on any atom is 0.260 e. The summed E-state index contributed by atoms with van der Waals surface area (Å²) in [5.41, 5.74) is 1.32. The van der Waals surface area contributed by atoms with E-state index in [0.717, 1.165) is 25.3 Å². The third-order valence-electron chi connectivity index (χ3n) is 3.66. The standard InChI is InChI=1S/C15H16BrClN4OS/c16-10-6-12(13(17)18-7-10)14(22)20-15-19-11(9-23-15)8-21-4-2-1-3-5-21/h6-7,9H,1-5,8H2,(H,19,20,22). The molecule has 1 aliphatic heterocycles. The topological polar surface area (TPSA) is 58.1 Å². The molecule has 0 unspecified atom stereocenters. The second kappa shape index (κ2) is 7.70. The molecule has 0 saturated carbocycles. The van der Waals surface area contributed by atoms with E-state index in [0.29, 0.717) is 15.2 Å². The van der Waals surface area contributed by atoms with E-state index in [1.165, 1.54) is 30.6 Å². The molecule has 0 aliphatic carbocycles. The highest BCUT2D eigenvalue weighted by molar-refractivity contribution is 9.10. The Morgan fingerprint density at radius 2 is 2.17 bits per heavy atom. The molecule has 2 aromatic rings. The fourth-order valence-electron chi connectivity index (χ4n) is 2.53. The summed E-state index contributed by atoms with van der Waals surface area (Å²) in [5.74, 6) is -0.303. The fraction of sp³-hybridized carbons (Fsp3) is 0.400. The van der Waals surface area contributed by atoms with Crippen LogP contribution in [0.15, 0.2) is 22.1 Å². The second-order valence-electron chi connectivity index (χ2n) is 5.43. The van der Waals surface area contributed by atoms with Gasteiger partial charge in [0, 0.05) is 22.6 Å². The number of nitrogens with one attached hydrogen (secondary N) is 1. The summed E-state index contributed by atoms with van der Waals surface area (Å²) >= 11 is 10.7. The number of piperidine rings is 1. The van der Waals surface area contributed by atoms with E-state index in [2.05, 4.69) is 36.1 Å². The maximum absolute atomic E-state index is 12.3. The first-order valence-electron chi connectivity index (χ1n) is 7.41. The zero-order valence-electron chi connectivity index (χ0n) is 12.4. The average Bonchev–Trinajstić information content (AvgIpc) is 2.97. The minimum atomic E-state index is -0.303. The summed E-state index contributed by atoms with van der Waals surface area (Å²) in [6, 6.07) is 1.65. The third-order valence-corrected chi connectivity index (χ3v) is 5.20. The summed E-state index contributed by atoms with van der Waals surface area (Å²) in [6.07, 6.45) is 5.37. The zero-order valence-corrected chi connectivity index (χ0v) is 15.5. The van der Waals surface area contributed by atoms with E-state index < -0.39 is 0 Å². The number of rotatable bonds is 4. The van der Waals surface area contributed by atoms with Gasteiger partial charge in [0.15, 0.2) is 5.13 Å². The number of pyridine rings is 1. The lowest BCUT2D eigenvalue weighted by Gasteiger charge is -2.25. The lowest BCUT2D eigenvalue weighted by atomic mass is 10.1. The molecule has 3 rings (SSSR count).